The van der Waals surface area contributed by atoms with Crippen LogP contribution in [-0.4, -0.2) is 28.7 Å². The van der Waals surface area contributed by atoms with Gasteiger partial charge in [-0.2, -0.15) is 0 Å². The maximum absolute atomic E-state index is 11.3. The molecule has 0 saturated heterocycles. The molecule has 0 bridgehead atoms. The van der Waals surface area contributed by atoms with E-state index < -0.39 is 23.6 Å². The fourth-order valence-corrected chi connectivity index (χ4v) is 0.853. The van der Waals surface area contributed by atoms with E-state index in [1.54, 1.807) is 20.8 Å². The average Bonchev–Trinajstić information content (AvgIpc) is 2.13. The van der Waals surface area contributed by atoms with Gasteiger partial charge in [0.05, 0.1) is 5.54 Å². The molecule has 0 saturated carbocycles. The van der Waals surface area contributed by atoms with E-state index in [0.29, 0.717) is 6.42 Å². The van der Waals surface area contributed by atoms with Crippen molar-refractivity contribution in [2.24, 2.45) is 0 Å². The van der Waals surface area contributed by atoms with Crippen LogP contribution in [0.25, 0.3) is 0 Å². The maximum atomic E-state index is 11.3. The van der Waals surface area contributed by atoms with Crippen LogP contribution in [0.4, 0.5) is 4.79 Å². The predicted molar refractivity (Wildman–Crippen MR) is 56.3 cm³/mol. The monoisotopic (exact) mass is 212 g/mol. The summed E-state index contributed by atoms with van der Waals surface area (Å²) >= 11 is 0. The van der Waals surface area contributed by atoms with Gasteiger partial charge < -0.3 is 15.7 Å². The minimum Gasteiger partial charge on any atom is -0.480 e. The molecule has 5 nitrogen and oxygen atoms in total. The van der Waals surface area contributed by atoms with Gasteiger partial charge in [-0.05, 0) is 20.3 Å². The molecule has 0 radical (unpaired) electrons. The summed E-state index contributed by atoms with van der Waals surface area (Å²) in [6.45, 7) is 4.97. The zero-order valence-electron chi connectivity index (χ0n) is 9.13. The molecule has 3 N–H and O–H groups in total. The van der Waals surface area contributed by atoms with Crippen LogP contribution in [0, 0.1) is 12.3 Å². The van der Waals surface area contributed by atoms with Crippen LogP contribution >= 0.6 is 0 Å². The molecule has 2 amide bonds. The third-order valence-electron chi connectivity index (χ3n) is 1.80. The number of aliphatic carboxylic acids is 1. The Kier molecular flexibility index (Phi) is 4.65. The van der Waals surface area contributed by atoms with Crippen LogP contribution in [0.5, 0.6) is 0 Å². The van der Waals surface area contributed by atoms with Crippen LogP contribution in [0.15, 0.2) is 0 Å². The van der Waals surface area contributed by atoms with Crippen LogP contribution in [0.1, 0.15) is 27.2 Å². The first-order valence-corrected chi connectivity index (χ1v) is 4.61. The van der Waals surface area contributed by atoms with Gasteiger partial charge in [0.1, 0.15) is 6.04 Å². The Hall–Kier alpha value is -1.70. The van der Waals surface area contributed by atoms with E-state index in [1.165, 1.54) is 0 Å². The molecule has 1 unspecified atom stereocenters. The van der Waals surface area contributed by atoms with Crippen molar-refractivity contribution < 1.29 is 14.7 Å². The number of carbonyl (C=O) groups is 2. The quantitative estimate of drug-likeness (QED) is 0.596. The third-order valence-corrected chi connectivity index (χ3v) is 1.80. The molecule has 84 valence electrons. The molecule has 1 atom stereocenters. The lowest BCUT2D eigenvalue weighted by molar-refractivity contribution is -0.139. The Bertz CT molecular complexity index is 292. The Labute approximate surface area is 89.2 Å². The molecule has 0 aromatic carbocycles. The lowest BCUT2D eigenvalue weighted by Crippen LogP contribution is -2.52. The molecule has 0 spiro atoms. The van der Waals surface area contributed by atoms with Crippen LogP contribution in [-0.2, 0) is 4.79 Å². The smallest absolute Gasteiger partial charge is 0.326 e. The van der Waals surface area contributed by atoms with E-state index in [1.807, 2.05) is 0 Å². The van der Waals surface area contributed by atoms with Gasteiger partial charge in [-0.15, -0.1) is 6.42 Å². The molecule has 0 aliphatic heterocycles. The van der Waals surface area contributed by atoms with Crippen LogP contribution < -0.4 is 10.6 Å². The van der Waals surface area contributed by atoms with Crippen molar-refractivity contribution in [3.8, 4) is 12.3 Å². The van der Waals surface area contributed by atoms with Crippen molar-refractivity contribution in [2.75, 3.05) is 0 Å². The van der Waals surface area contributed by atoms with Crippen molar-refractivity contribution in [1.29, 1.82) is 0 Å². The van der Waals surface area contributed by atoms with Gasteiger partial charge in [0.15, 0.2) is 0 Å². The second kappa shape index (κ2) is 5.25. The number of rotatable bonds is 4. The molecule has 5 heteroatoms. The molecular formula is C10H16N2O3. The second-order valence-corrected chi connectivity index (χ2v) is 3.67. The zero-order valence-corrected chi connectivity index (χ0v) is 9.13. The number of nitrogens with one attached hydrogen (secondary N) is 2. The van der Waals surface area contributed by atoms with Gasteiger partial charge in [-0.3, -0.25) is 0 Å². The summed E-state index contributed by atoms with van der Waals surface area (Å²) < 4.78 is 0. The normalized spacial score (nSPS) is 12.4. The van der Waals surface area contributed by atoms with Gasteiger partial charge in [0, 0.05) is 0 Å². The Balaban J connectivity index is 4.27. The SMILES string of the molecule is C#CC(C)(C)NC(=O)NC(CC)C(=O)O. The highest BCUT2D eigenvalue weighted by molar-refractivity contribution is 5.83. The van der Waals surface area contributed by atoms with Gasteiger partial charge >= 0.3 is 12.0 Å². The number of urea groups is 1. The molecule has 0 rings (SSSR count). The fraction of sp³-hybridized carbons (Fsp3) is 0.600. The number of carbonyl (C=O) groups excluding carboxylic acids is 1. The highest BCUT2D eigenvalue weighted by atomic mass is 16.4. The molecule has 15 heavy (non-hydrogen) atoms. The molecule has 0 aliphatic carbocycles. The lowest BCUT2D eigenvalue weighted by atomic mass is 10.1. The Morgan fingerprint density at radius 2 is 2.07 bits per heavy atom. The van der Waals surface area contributed by atoms with E-state index in [9.17, 15) is 9.59 Å². The van der Waals surface area contributed by atoms with Crippen molar-refractivity contribution >= 4 is 12.0 Å². The Morgan fingerprint density at radius 1 is 1.53 bits per heavy atom. The minimum atomic E-state index is -1.06. The standard InChI is InChI=1S/C10H16N2O3/c1-5-7(8(13)14)11-9(15)12-10(3,4)6-2/h2,7H,5H2,1,3-4H3,(H,13,14)(H2,11,12,15). The number of carboxylic acid groups (broad SMARTS) is 1. The number of hydrogen-bond acceptors (Lipinski definition) is 2. The predicted octanol–water partition coefficient (Wildman–Crippen LogP) is 0.561. The Morgan fingerprint density at radius 3 is 2.40 bits per heavy atom. The minimum absolute atomic E-state index is 0.319. The summed E-state index contributed by atoms with van der Waals surface area (Å²) in [6.07, 6.45) is 5.49. The average molecular weight is 212 g/mol. The summed E-state index contributed by atoms with van der Waals surface area (Å²) in [5.41, 5.74) is -0.791. The van der Waals surface area contributed by atoms with E-state index in [-0.39, 0.29) is 0 Å². The largest absolute Gasteiger partial charge is 0.480 e. The van der Waals surface area contributed by atoms with Gasteiger partial charge in [0.2, 0.25) is 0 Å². The van der Waals surface area contributed by atoms with Crippen LogP contribution in [0.3, 0.4) is 0 Å². The van der Waals surface area contributed by atoms with Gasteiger partial charge in [-0.1, -0.05) is 12.8 Å². The molecule has 0 aliphatic rings. The zero-order chi connectivity index (χ0) is 12.1. The molecule has 0 aromatic heterocycles. The van der Waals surface area contributed by atoms with Crippen LogP contribution in [0.2, 0.25) is 0 Å². The number of terminal acetylenes is 1. The molecular weight excluding hydrogens is 196 g/mol. The summed E-state index contributed by atoms with van der Waals surface area (Å²) in [5.74, 6) is 1.31. The number of carboxylic acids is 1. The summed E-state index contributed by atoms with van der Waals surface area (Å²) in [4.78, 5) is 21.9. The topological polar surface area (TPSA) is 78.4 Å². The van der Waals surface area contributed by atoms with E-state index in [0.717, 1.165) is 0 Å². The van der Waals surface area contributed by atoms with Crippen molar-refractivity contribution in [2.45, 2.75) is 38.8 Å². The van der Waals surface area contributed by atoms with E-state index >= 15 is 0 Å². The lowest BCUT2D eigenvalue weighted by Gasteiger charge is -2.21. The van der Waals surface area contributed by atoms with Gasteiger partial charge in [-0.25, -0.2) is 9.59 Å². The highest BCUT2D eigenvalue weighted by Gasteiger charge is 2.21. The number of amides is 2. The van der Waals surface area contributed by atoms with E-state index in [4.69, 9.17) is 11.5 Å². The first kappa shape index (κ1) is 13.3. The molecule has 0 aromatic rings. The fourth-order valence-electron chi connectivity index (χ4n) is 0.853. The third kappa shape index (κ3) is 4.91. The first-order chi connectivity index (χ1) is 6.82. The first-order valence-electron chi connectivity index (χ1n) is 4.61. The highest BCUT2D eigenvalue weighted by Crippen LogP contribution is 1.99. The second-order valence-electron chi connectivity index (χ2n) is 3.67. The summed E-state index contributed by atoms with van der Waals surface area (Å²) in [7, 11) is 0. The van der Waals surface area contributed by atoms with Gasteiger partial charge in [0.25, 0.3) is 0 Å². The van der Waals surface area contributed by atoms with Crippen molar-refractivity contribution in [3.05, 3.63) is 0 Å². The molecule has 0 heterocycles. The summed E-state index contributed by atoms with van der Waals surface area (Å²) in [5, 5.41) is 13.5. The molecule has 0 fully saturated rings. The van der Waals surface area contributed by atoms with Crippen molar-refractivity contribution in [1.82, 2.24) is 10.6 Å². The summed E-state index contributed by atoms with van der Waals surface area (Å²) in [6, 6.07) is -1.47. The van der Waals surface area contributed by atoms with E-state index in [2.05, 4.69) is 16.6 Å². The number of hydrogen-bond donors (Lipinski definition) is 3. The van der Waals surface area contributed by atoms with Crippen molar-refractivity contribution in [3.63, 3.8) is 0 Å². The maximum Gasteiger partial charge on any atom is 0.326 e.